The first-order chi connectivity index (χ1) is 16.0. The first-order valence-electron chi connectivity index (χ1n) is 10.2. The minimum Gasteiger partial charge on any atom is -0.444 e. The molecule has 6 nitrogen and oxygen atoms in total. The van der Waals surface area contributed by atoms with Crippen LogP contribution in [0.1, 0.15) is 22.9 Å². The molecule has 0 radical (unpaired) electrons. The van der Waals surface area contributed by atoms with E-state index in [0.29, 0.717) is 27.5 Å². The third kappa shape index (κ3) is 5.61. The smallest absolute Gasteiger partial charge is 0.331 e. The number of ether oxygens (including phenoxy) is 1. The Kier molecular flexibility index (Phi) is 6.76. The van der Waals surface area contributed by atoms with Crippen LogP contribution in [0, 0.1) is 6.92 Å². The molecule has 0 saturated carbocycles. The highest BCUT2D eigenvalue weighted by atomic mass is 35.5. The topological polar surface area (TPSA) is 81.2 Å². The van der Waals surface area contributed by atoms with Crippen molar-refractivity contribution in [3.63, 3.8) is 0 Å². The van der Waals surface area contributed by atoms with E-state index in [-0.39, 0.29) is 0 Å². The van der Waals surface area contributed by atoms with Gasteiger partial charge in [-0.15, -0.1) is 0 Å². The summed E-state index contributed by atoms with van der Waals surface area (Å²) in [5.74, 6) is -1.18. The molecule has 0 aliphatic rings. The lowest BCUT2D eigenvalue weighted by atomic mass is 10.1. The van der Waals surface area contributed by atoms with Crippen LogP contribution < -0.4 is 5.32 Å². The summed E-state index contributed by atoms with van der Waals surface area (Å²) in [5.41, 5.74) is 3.92. The maximum Gasteiger partial charge on any atom is 0.331 e. The average molecular weight is 458 g/mol. The summed E-state index contributed by atoms with van der Waals surface area (Å²) in [4.78, 5) is 34.3. The molecule has 0 fully saturated rings. The zero-order valence-corrected chi connectivity index (χ0v) is 18.5. The van der Waals surface area contributed by atoms with Gasteiger partial charge in [0.1, 0.15) is 0 Å². The van der Waals surface area contributed by atoms with Crippen LogP contribution in [0.25, 0.3) is 17.1 Å². The van der Waals surface area contributed by atoms with Crippen LogP contribution in [0.15, 0.2) is 85.1 Å². The van der Waals surface area contributed by atoms with Crippen LogP contribution in [-0.2, 0) is 14.3 Å². The van der Waals surface area contributed by atoms with Crippen molar-refractivity contribution in [2.75, 3.05) is 5.32 Å². The number of amides is 1. The molecule has 1 amide bonds. The summed E-state index contributed by atoms with van der Waals surface area (Å²) in [6.45, 7) is 1.87. The fourth-order valence-electron chi connectivity index (χ4n) is 3.14. The summed E-state index contributed by atoms with van der Waals surface area (Å²) < 4.78 is 5.51. The summed E-state index contributed by atoms with van der Waals surface area (Å²) in [6.07, 6.45) is 3.15. The Labute approximate surface area is 195 Å². The molecule has 3 aromatic carbocycles. The van der Waals surface area contributed by atoms with Crippen molar-refractivity contribution >= 4 is 46.3 Å². The Balaban J connectivity index is 1.51. The number of carbonyl (C=O) groups excluding carboxylic acids is 2. The van der Waals surface area contributed by atoms with Crippen LogP contribution in [-0.4, -0.2) is 21.8 Å². The molecule has 4 aromatic rings. The van der Waals surface area contributed by atoms with Gasteiger partial charge < -0.3 is 10.1 Å². The number of hydrogen-bond acceptors (Lipinski definition) is 5. The van der Waals surface area contributed by atoms with Crippen molar-refractivity contribution in [2.24, 2.45) is 0 Å². The van der Waals surface area contributed by atoms with Crippen LogP contribution in [0.5, 0.6) is 0 Å². The number of benzene rings is 3. The molecule has 33 heavy (non-hydrogen) atoms. The number of halogens is 1. The normalized spacial score (nSPS) is 11.9. The molecule has 1 heterocycles. The van der Waals surface area contributed by atoms with Crippen LogP contribution in [0.4, 0.5) is 5.69 Å². The highest BCUT2D eigenvalue weighted by Gasteiger charge is 2.24. The van der Waals surface area contributed by atoms with Crippen molar-refractivity contribution < 1.29 is 14.3 Å². The molecule has 0 saturated heterocycles. The van der Waals surface area contributed by atoms with Crippen LogP contribution in [0.2, 0.25) is 5.02 Å². The van der Waals surface area contributed by atoms with Gasteiger partial charge in [0.25, 0.3) is 5.91 Å². The molecule has 164 valence electrons. The quantitative estimate of drug-likeness (QED) is 0.304. The number of esters is 1. The number of anilines is 1. The van der Waals surface area contributed by atoms with E-state index in [1.54, 1.807) is 48.7 Å². The zero-order chi connectivity index (χ0) is 23.2. The second-order valence-corrected chi connectivity index (χ2v) is 7.70. The molecule has 7 heteroatoms. The molecule has 1 N–H and O–H groups in total. The second kappa shape index (κ2) is 10.1. The van der Waals surface area contributed by atoms with E-state index in [2.05, 4.69) is 15.3 Å². The Bertz CT molecular complexity index is 1340. The van der Waals surface area contributed by atoms with Crippen molar-refractivity contribution in [1.29, 1.82) is 0 Å². The summed E-state index contributed by atoms with van der Waals surface area (Å²) in [5, 5.41) is 3.29. The number of hydrogen-bond donors (Lipinski definition) is 1. The van der Waals surface area contributed by atoms with E-state index in [4.69, 9.17) is 16.3 Å². The first kappa shape index (κ1) is 22.2. The summed E-state index contributed by atoms with van der Waals surface area (Å²) in [7, 11) is 0. The lowest BCUT2D eigenvalue weighted by molar-refractivity contribution is -0.149. The lowest BCUT2D eigenvalue weighted by Gasteiger charge is -2.17. The standard InChI is InChI=1S/C26H20ClN3O3/c1-17-11-12-19(15-21(17)27)30-26(32)25(18-7-3-2-4-8-18)33-24(31)14-13-20-16-28-22-9-5-6-10-23(22)29-20/h2-16,25H,1H3,(H,30,32)/b14-13+. The highest BCUT2D eigenvalue weighted by molar-refractivity contribution is 6.31. The van der Waals surface area contributed by atoms with E-state index in [1.165, 1.54) is 12.2 Å². The first-order valence-corrected chi connectivity index (χ1v) is 10.6. The van der Waals surface area contributed by atoms with Gasteiger partial charge in [0.15, 0.2) is 0 Å². The Morgan fingerprint density at radius 1 is 1.00 bits per heavy atom. The largest absolute Gasteiger partial charge is 0.444 e. The molecule has 1 unspecified atom stereocenters. The monoisotopic (exact) mass is 457 g/mol. The number of nitrogens with zero attached hydrogens (tertiary/aromatic N) is 2. The lowest BCUT2D eigenvalue weighted by Crippen LogP contribution is -2.25. The van der Waals surface area contributed by atoms with E-state index in [1.807, 2.05) is 37.3 Å². The van der Waals surface area contributed by atoms with E-state index in [0.717, 1.165) is 11.1 Å². The zero-order valence-electron chi connectivity index (χ0n) is 17.7. The SMILES string of the molecule is Cc1ccc(NC(=O)C(OC(=O)/C=C/c2cnc3ccccc3n2)c2ccccc2)cc1Cl. The minimum atomic E-state index is -1.15. The maximum absolute atomic E-state index is 13.0. The average Bonchev–Trinajstić information content (AvgIpc) is 2.84. The predicted molar refractivity (Wildman–Crippen MR) is 129 cm³/mol. The van der Waals surface area contributed by atoms with Gasteiger partial charge >= 0.3 is 5.97 Å². The van der Waals surface area contributed by atoms with Crippen molar-refractivity contribution in [1.82, 2.24) is 9.97 Å². The van der Waals surface area contributed by atoms with E-state index in [9.17, 15) is 9.59 Å². The number of rotatable bonds is 6. The number of aromatic nitrogens is 2. The Hall–Kier alpha value is -4.03. The molecular formula is C26H20ClN3O3. The maximum atomic E-state index is 13.0. The molecule has 0 aliphatic carbocycles. The number of nitrogens with one attached hydrogen (secondary N) is 1. The molecule has 0 bridgehead atoms. The molecule has 0 spiro atoms. The third-order valence-corrected chi connectivity index (χ3v) is 5.28. The van der Waals surface area contributed by atoms with Gasteiger partial charge in [0.05, 0.1) is 22.9 Å². The van der Waals surface area contributed by atoms with Crippen molar-refractivity contribution in [3.8, 4) is 0 Å². The number of para-hydroxylation sites is 2. The third-order valence-electron chi connectivity index (χ3n) is 4.87. The van der Waals surface area contributed by atoms with E-state index >= 15 is 0 Å². The number of aryl methyl sites for hydroxylation is 1. The Morgan fingerprint density at radius 3 is 2.48 bits per heavy atom. The fourth-order valence-corrected chi connectivity index (χ4v) is 3.32. The van der Waals surface area contributed by atoms with Gasteiger partial charge in [-0.1, -0.05) is 60.1 Å². The second-order valence-electron chi connectivity index (χ2n) is 7.30. The van der Waals surface area contributed by atoms with Gasteiger partial charge in [0.2, 0.25) is 6.10 Å². The molecule has 4 rings (SSSR count). The van der Waals surface area contributed by atoms with Crippen LogP contribution in [0.3, 0.4) is 0 Å². The van der Waals surface area contributed by atoms with E-state index < -0.39 is 18.0 Å². The fraction of sp³-hybridized carbons (Fsp3) is 0.0769. The molecule has 0 aliphatic heterocycles. The minimum absolute atomic E-state index is 0.492. The molecular weight excluding hydrogens is 438 g/mol. The number of carbonyl (C=O) groups is 2. The van der Waals surface area contributed by atoms with Gasteiger partial charge in [-0.05, 0) is 42.8 Å². The van der Waals surface area contributed by atoms with Crippen molar-refractivity contribution in [2.45, 2.75) is 13.0 Å². The predicted octanol–water partition coefficient (Wildman–Crippen LogP) is 5.53. The van der Waals surface area contributed by atoms with Gasteiger partial charge in [-0.2, -0.15) is 0 Å². The van der Waals surface area contributed by atoms with Crippen molar-refractivity contribution in [3.05, 3.63) is 107 Å². The summed E-state index contributed by atoms with van der Waals surface area (Å²) in [6, 6.07) is 21.4. The molecule has 1 aromatic heterocycles. The Morgan fingerprint density at radius 2 is 1.73 bits per heavy atom. The number of fused-ring (bicyclic) bond motifs is 1. The van der Waals surface area contributed by atoms with Gasteiger partial charge in [0, 0.05) is 22.3 Å². The molecule has 1 atom stereocenters. The van der Waals surface area contributed by atoms with Gasteiger partial charge in [-0.3, -0.25) is 9.78 Å². The van der Waals surface area contributed by atoms with Gasteiger partial charge in [-0.25, -0.2) is 9.78 Å². The highest BCUT2D eigenvalue weighted by Crippen LogP contribution is 2.24. The van der Waals surface area contributed by atoms with Crippen LogP contribution >= 0.6 is 11.6 Å². The summed E-state index contributed by atoms with van der Waals surface area (Å²) >= 11 is 6.16.